The van der Waals surface area contributed by atoms with Gasteiger partial charge in [-0.2, -0.15) is 4.99 Å². The molecule has 3 N–H and O–H groups in total. The Morgan fingerprint density at radius 1 is 0.902 bits per heavy atom. The van der Waals surface area contributed by atoms with Gasteiger partial charge in [-0.15, -0.1) is 0 Å². The Labute approximate surface area is 243 Å². The number of benzene rings is 3. The first-order valence-electron chi connectivity index (χ1n) is 13.4. The summed E-state index contributed by atoms with van der Waals surface area (Å²) in [4.78, 5) is 41.7. The van der Waals surface area contributed by atoms with Crippen molar-refractivity contribution in [2.24, 2.45) is 4.99 Å². The van der Waals surface area contributed by atoms with Gasteiger partial charge in [0.05, 0.1) is 10.8 Å². The van der Waals surface area contributed by atoms with Gasteiger partial charge in [0.15, 0.2) is 5.17 Å². The Morgan fingerprint density at radius 2 is 1.54 bits per heavy atom. The van der Waals surface area contributed by atoms with E-state index in [-0.39, 0.29) is 12.3 Å². The topological polar surface area (TPSA) is 119 Å². The van der Waals surface area contributed by atoms with Crippen molar-refractivity contribution in [2.45, 2.75) is 38.0 Å². The number of carboxylic acids is 2. The molecule has 0 bridgehead atoms. The Hall–Kier alpha value is -4.37. The van der Waals surface area contributed by atoms with E-state index in [0.717, 1.165) is 22.4 Å². The lowest BCUT2D eigenvalue weighted by atomic mass is 9.93. The minimum absolute atomic E-state index is 0.0953. The van der Waals surface area contributed by atoms with Crippen LogP contribution in [0.25, 0.3) is 17.2 Å². The number of carbonyl (C=O) groups is 3. The molecule has 212 valence electrons. The largest absolute Gasteiger partial charge is 0.481 e. The summed E-state index contributed by atoms with van der Waals surface area (Å²) in [5.41, 5.74) is 5.62. The number of aliphatic imine (C=N–C) groups is 1. The number of rotatable bonds is 12. The summed E-state index contributed by atoms with van der Waals surface area (Å²) in [6, 6.07) is 23.4. The number of unbranched alkanes of at least 4 members (excludes halogenated alkanes) is 2. The minimum Gasteiger partial charge on any atom is -0.481 e. The van der Waals surface area contributed by atoms with Crippen LogP contribution < -0.4 is 10.2 Å². The van der Waals surface area contributed by atoms with Gasteiger partial charge < -0.3 is 20.4 Å². The molecule has 0 aromatic heterocycles. The first-order valence-corrected chi connectivity index (χ1v) is 14.2. The Morgan fingerprint density at radius 3 is 2.12 bits per heavy atom. The van der Waals surface area contributed by atoms with Crippen molar-refractivity contribution < 1.29 is 24.6 Å². The van der Waals surface area contributed by atoms with Crippen molar-refractivity contribution in [3.8, 4) is 11.1 Å². The molecule has 0 saturated heterocycles. The van der Waals surface area contributed by atoms with Gasteiger partial charge in [-0.1, -0.05) is 61.4 Å². The van der Waals surface area contributed by atoms with Crippen LogP contribution in [-0.2, 0) is 14.4 Å². The molecule has 1 aliphatic heterocycles. The zero-order valence-electron chi connectivity index (χ0n) is 23.0. The second-order valence-electron chi connectivity index (χ2n) is 10.0. The van der Waals surface area contributed by atoms with E-state index in [2.05, 4.69) is 39.5 Å². The molecule has 8 nitrogen and oxygen atoms in total. The number of carbonyl (C=O) groups excluding carboxylic acids is 1. The van der Waals surface area contributed by atoms with Gasteiger partial charge in [0.2, 0.25) is 0 Å². The molecule has 0 fully saturated rings. The monoisotopic (exact) mass is 571 g/mol. The molecule has 0 saturated carbocycles. The van der Waals surface area contributed by atoms with Gasteiger partial charge in [0.1, 0.15) is 0 Å². The predicted octanol–water partition coefficient (Wildman–Crippen LogP) is 6.71. The van der Waals surface area contributed by atoms with E-state index in [4.69, 9.17) is 5.11 Å². The van der Waals surface area contributed by atoms with E-state index in [1.165, 1.54) is 11.8 Å². The lowest BCUT2D eigenvalue weighted by Gasteiger charge is -2.13. The number of amides is 1. The number of carboxylic acid groups (broad SMARTS) is 2. The number of nitrogens with one attached hydrogen (secondary N) is 1. The average molecular weight is 572 g/mol. The summed E-state index contributed by atoms with van der Waals surface area (Å²) in [7, 11) is 4.02. The van der Waals surface area contributed by atoms with Crippen LogP contribution in [0.1, 0.15) is 49.1 Å². The van der Waals surface area contributed by atoms with E-state index in [9.17, 15) is 19.5 Å². The molecular weight excluding hydrogens is 538 g/mol. The van der Waals surface area contributed by atoms with Gasteiger partial charge in [-0.05, 0) is 77.2 Å². The van der Waals surface area contributed by atoms with Crippen LogP contribution >= 0.6 is 11.8 Å². The van der Waals surface area contributed by atoms with Crippen LogP contribution in [0.15, 0.2) is 82.7 Å². The molecule has 41 heavy (non-hydrogen) atoms. The Kier molecular flexibility index (Phi) is 9.97. The first kappa shape index (κ1) is 29.6. The standard InChI is InChI=1S/C32H33N3O5S/c1-35(2)26-18-14-23(15-19-26)22-10-8-21(9-11-22)20-28-30(38)34-32(41-28)33-25-16-12-24(13-17-25)27(31(39)40)6-4-3-5-7-29(36)37/h8-20,27H,3-7H2,1-2H3,(H,36,37)(H,39,40)(H,33,34,38). The van der Waals surface area contributed by atoms with Crippen LogP contribution in [0.4, 0.5) is 11.4 Å². The molecule has 0 aliphatic carbocycles. The summed E-state index contributed by atoms with van der Waals surface area (Å²) in [5, 5.41) is 22.0. The molecule has 1 atom stereocenters. The lowest BCUT2D eigenvalue weighted by molar-refractivity contribution is -0.139. The quantitative estimate of drug-likeness (QED) is 0.162. The van der Waals surface area contributed by atoms with Crippen LogP contribution in [-0.4, -0.2) is 47.3 Å². The average Bonchev–Trinajstić information content (AvgIpc) is 3.29. The van der Waals surface area contributed by atoms with Gasteiger partial charge >= 0.3 is 11.9 Å². The highest BCUT2D eigenvalue weighted by atomic mass is 32.2. The normalized spacial score (nSPS) is 14.5. The summed E-state index contributed by atoms with van der Waals surface area (Å²) < 4.78 is 0. The maximum Gasteiger partial charge on any atom is 0.310 e. The minimum atomic E-state index is -0.907. The van der Waals surface area contributed by atoms with Crippen LogP contribution in [0.2, 0.25) is 0 Å². The number of amidine groups is 1. The number of anilines is 2. The third-order valence-corrected chi connectivity index (χ3v) is 7.69. The van der Waals surface area contributed by atoms with E-state index < -0.39 is 17.9 Å². The van der Waals surface area contributed by atoms with Crippen LogP contribution in [0.5, 0.6) is 0 Å². The second kappa shape index (κ2) is 13.8. The first-order chi connectivity index (χ1) is 19.7. The molecule has 1 aliphatic rings. The third kappa shape index (κ3) is 8.31. The molecule has 1 unspecified atom stereocenters. The zero-order valence-corrected chi connectivity index (χ0v) is 23.9. The van der Waals surface area contributed by atoms with Crippen LogP contribution in [0.3, 0.4) is 0 Å². The highest BCUT2D eigenvalue weighted by molar-refractivity contribution is 8.18. The Balaban J connectivity index is 1.33. The second-order valence-corrected chi connectivity index (χ2v) is 11.1. The molecule has 3 aromatic carbocycles. The van der Waals surface area contributed by atoms with E-state index in [0.29, 0.717) is 47.0 Å². The number of nitrogens with zero attached hydrogens (tertiary/aromatic N) is 2. The molecule has 4 rings (SSSR count). The summed E-state index contributed by atoms with van der Waals surface area (Å²) in [5.74, 6) is -2.72. The van der Waals surface area contributed by atoms with Gasteiger partial charge in [-0.25, -0.2) is 0 Å². The number of hydrogen-bond donors (Lipinski definition) is 3. The maximum atomic E-state index is 12.5. The fourth-order valence-corrected chi connectivity index (χ4v) is 5.33. The number of hydrogen-bond acceptors (Lipinski definition) is 6. The van der Waals surface area contributed by atoms with E-state index in [1.807, 2.05) is 44.4 Å². The Bertz CT molecular complexity index is 1450. The molecule has 0 spiro atoms. The van der Waals surface area contributed by atoms with Gasteiger partial charge in [0.25, 0.3) is 5.91 Å². The highest BCUT2D eigenvalue weighted by Crippen LogP contribution is 2.31. The molecule has 0 radical (unpaired) electrons. The molecule has 3 aromatic rings. The summed E-state index contributed by atoms with van der Waals surface area (Å²) >= 11 is 1.26. The smallest absolute Gasteiger partial charge is 0.310 e. The maximum absolute atomic E-state index is 12.5. The van der Waals surface area contributed by atoms with Crippen LogP contribution in [0, 0.1) is 0 Å². The molecule has 1 amide bonds. The van der Waals surface area contributed by atoms with Crippen molar-refractivity contribution in [1.29, 1.82) is 0 Å². The summed E-state index contributed by atoms with van der Waals surface area (Å²) in [6.45, 7) is 0. The van der Waals surface area contributed by atoms with Crippen molar-refractivity contribution in [2.75, 3.05) is 24.3 Å². The number of aliphatic carboxylic acids is 2. The van der Waals surface area contributed by atoms with Crippen molar-refractivity contribution >= 4 is 52.2 Å². The fraction of sp³-hybridized carbons (Fsp3) is 0.250. The van der Waals surface area contributed by atoms with Crippen molar-refractivity contribution in [1.82, 2.24) is 0 Å². The SMILES string of the molecule is CN(C)c1ccc(-c2ccc(C=C3SC(Nc4ccc(C(CCCCCC(=O)O)C(=O)O)cc4)=NC3=O)cc2)cc1. The molecule has 1 heterocycles. The van der Waals surface area contributed by atoms with E-state index >= 15 is 0 Å². The van der Waals surface area contributed by atoms with Crippen molar-refractivity contribution in [3.63, 3.8) is 0 Å². The van der Waals surface area contributed by atoms with E-state index in [1.54, 1.807) is 24.3 Å². The molecule has 9 heteroatoms. The number of thioether (sulfide) groups is 1. The summed E-state index contributed by atoms with van der Waals surface area (Å²) in [6.07, 6.45) is 4.21. The fourth-order valence-electron chi connectivity index (χ4n) is 4.49. The molecular formula is C32H33N3O5S. The lowest BCUT2D eigenvalue weighted by Crippen LogP contribution is -2.12. The van der Waals surface area contributed by atoms with Gasteiger partial charge in [0, 0.05) is 31.9 Å². The van der Waals surface area contributed by atoms with Crippen molar-refractivity contribution in [3.05, 3.63) is 88.8 Å². The highest BCUT2D eigenvalue weighted by Gasteiger charge is 2.23. The third-order valence-electron chi connectivity index (χ3n) is 6.79. The zero-order chi connectivity index (χ0) is 29.4. The predicted molar refractivity (Wildman–Crippen MR) is 165 cm³/mol. The van der Waals surface area contributed by atoms with Gasteiger partial charge in [-0.3, -0.25) is 14.4 Å².